The fourth-order valence-corrected chi connectivity index (χ4v) is 1.30. The lowest BCUT2D eigenvalue weighted by Gasteiger charge is -2.01. The van der Waals surface area contributed by atoms with Gasteiger partial charge in [-0.3, -0.25) is 0 Å². The van der Waals surface area contributed by atoms with E-state index in [4.69, 9.17) is 0 Å². The minimum Gasteiger partial charge on any atom is -0.447 e. The lowest BCUT2D eigenvalue weighted by atomic mass is 10.4. The van der Waals surface area contributed by atoms with Gasteiger partial charge in [0.05, 0.1) is 6.04 Å². The monoisotopic (exact) mass is 147 g/mol. The SMILES string of the molecule is CSC[C@H]1COC(=O)N1. The normalized spacial score (nSPS) is 25.4. The van der Waals surface area contributed by atoms with E-state index in [-0.39, 0.29) is 12.1 Å². The molecule has 0 aromatic carbocycles. The van der Waals surface area contributed by atoms with Gasteiger partial charge in [-0.25, -0.2) is 4.79 Å². The molecule has 9 heavy (non-hydrogen) atoms. The fourth-order valence-electron chi connectivity index (χ4n) is 0.717. The van der Waals surface area contributed by atoms with Crippen molar-refractivity contribution in [3.05, 3.63) is 0 Å². The summed E-state index contributed by atoms with van der Waals surface area (Å²) in [5.74, 6) is 0.936. The maximum atomic E-state index is 10.4. The Balaban J connectivity index is 2.22. The molecule has 1 saturated heterocycles. The van der Waals surface area contributed by atoms with E-state index in [2.05, 4.69) is 10.1 Å². The Hall–Kier alpha value is -0.380. The number of hydrogen-bond acceptors (Lipinski definition) is 3. The van der Waals surface area contributed by atoms with Gasteiger partial charge in [-0.05, 0) is 6.26 Å². The third-order valence-electron chi connectivity index (χ3n) is 1.11. The molecule has 52 valence electrons. The number of nitrogens with one attached hydrogen (secondary N) is 1. The molecular formula is C5H9NO2S. The van der Waals surface area contributed by atoms with E-state index in [0.29, 0.717) is 6.61 Å². The van der Waals surface area contributed by atoms with Crippen molar-refractivity contribution < 1.29 is 9.53 Å². The molecule has 1 aliphatic rings. The van der Waals surface area contributed by atoms with Gasteiger partial charge in [0.25, 0.3) is 0 Å². The molecule has 0 radical (unpaired) electrons. The number of ether oxygens (including phenoxy) is 1. The number of alkyl carbamates (subject to hydrolysis) is 1. The van der Waals surface area contributed by atoms with Crippen molar-refractivity contribution in [2.75, 3.05) is 18.6 Å². The maximum Gasteiger partial charge on any atom is 0.407 e. The molecule has 1 fully saturated rings. The van der Waals surface area contributed by atoms with Crippen molar-refractivity contribution in [3.63, 3.8) is 0 Å². The number of hydrogen-bond donors (Lipinski definition) is 1. The van der Waals surface area contributed by atoms with Gasteiger partial charge in [0.1, 0.15) is 6.61 Å². The molecule has 4 heteroatoms. The van der Waals surface area contributed by atoms with E-state index < -0.39 is 0 Å². The second kappa shape index (κ2) is 2.96. The van der Waals surface area contributed by atoms with Crippen molar-refractivity contribution in [2.45, 2.75) is 6.04 Å². The average Bonchev–Trinajstić information content (AvgIpc) is 2.17. The van der Waals surface area contributed by atoms with Crippen LogP contribution in [0.3, 0.4) is 0 Å². The van der Waals surface area contributed by atoms with E-state index in [1.165, 1.54) is 0 Å². The van der Waals surface area contributed by atoms with Crippen molar-refractivity contribution in [1.82, 2.24) is 5.32 Å². The summed E-state index contributed by atoms with van der Waals surface area (Å²) in [4.78, 5) is 10.4. The minimum atomic E-state index is -0.283. The van der Waals surface area contributed by atoms with Gasteiger partial charge in [-0.1, -0.05) is 0 Å². The molecule has 0 aliphatic carbocycles. The van der Waals surface area contributed by atoms with Crippen LogP contribution in [-0.2, 0) is 4.74 Å². The summed E-state index contributed by atoms with van der Waals surface area (Å²) < 4.78 is 4.65. The predicted octanol–water partition coefficient (Wildman–Crippen LogP) is 0.458. The van der Waals surface area contributed by atoms with Gasteiger partial charge in [-0.2, -0.15) is 11.8 Å². The molecule has 1 N–H and O–H groups in total. The smallest absolute Gasteiger partial charge is 0.407 e. The third kappa shape index (κ3) is 1.78. The Labute approximate surface area is 58.1 Å². The van der Waals surface area contributed by atoms with Crippen LogP contribution in [0.1, 0.15) is 0 Å². The van der Waals surface area contributed by atoms with E-state index in [0.717, 1.165) is 5.75 Å². The second-order valence-electron chi connectivity index (χ2n) is 1.90. The van der Waals surface area contributed by atoms with Gasteiger partial charge in [0.2, 0.25) is 0 Å². The van der Waals surface area contributed by atoms with E-state index in [9.17, 15) is 4.79 Å². The van der Waals surface area contributed by atoms with Crippen LogP contribution in [0.25, 0.3) is 0 Å². The highest BCUT2D eigenvalue weighted by molar-refractivity contribution is 7.98. The zero-order chi connectivity index (χ0) is 6.69. The van der Waals surface area contributed by atoms with Crippen LogP contribution in [0.5, 0.6) is 0 Å². The summed E-state index contributed by atoms with van der Waals surface area (Å²) in [5, 5.41) is 2.67. The molecule has 1 atom stereocenters. The van der Waals surface area contributed by atoms with E-state index in [1.807, 2.05) is 6.26 Å². The molecule has 0 aromatic heterocycles. The van der Waals surface area contributed by atoms with E-state index >= 15 is 0 Å². The Morgan fingerprint density at radius 1 is 2.00 bits per heavy atom. The molecule has 0 saturated carbocycles. The van der Waals surface area contributed by atoms with Crippen molar-refractivity contribution in [1.29, 1.82) is 0 Å². The highest BCUT2D eigenvalue weighted by atomic mass is 32.2. The van der Waals surface area contributed by atoms with Crippen LogP contribution >= 0.6 is 11.8 Å². The molecule has 0 aromatic rings. The summed E-state index contributed by atoms with van der Waals surface area (Å²) in [5.41, 5.74) is 0. The molecule has 1 amide bonds. The average molecular weight is 147 g/mol. The number of cyclic esters (lactones) is 1. The van der Waals surface area contributed by atoms with Gasteiger partial charge in [0.15, 0.2) is 0 Å². The topological polar surface area (TPSA) is 38.3 Å². The number of thioether (sulfide) groups is 1. The number of carbonyl (C=O) groups excluding carboxylic acids is 1. The maximum absolute atomic E-state index is 10.4. The molecule has 0 spiro atoms. The molecule has 1 aliphatic heterocycles. The van der Waals surface area contributed by atoms with Crippen molar-refractivity contribution >= 4 is 17.9 Å². The quantitative estimate of drug-likeness (QED) is 0.616. The Kier molecular flexibility index (Phi) is 2.22. The number of amides is 1. The third-order valence-corrected chi connectivity index (χ3v) is 1.84. The van der Waals surface area contributed by atoms with Crippen LogP contribution in [0.2, 0.25) is 0 Å². The van der Waals surface area contributed by atoms with Crippen molar-refractivity contribution in [3.8, 4) is 0 Å². The lowest BCUT2D eigenvalue weighted by Crippen LogP contribution is -2.28. The minimum absolute atomic E-state index is 0.229. The zero-order valence-corrected chi connectivity index (χ0v) is 6.03. The first kappa shape index (κ1) is 6.74. The van der Waals surface area contributed by atoms with Crippen molar-refractivity contribution in [2.24, 2.45) is 0 Å². The molecular weight excluding hydrogens is 138 g/mol. The number of rotatable bonds is 2. The molecule has 0 unspecified atom stereocenters. The fraction of sp³-hybridized carbons (Fsp3) is 0.800. The van der Waals surface area contributed by atoms with Crippen LogP contribution in [0, 0.1) is 0 Å². The molecule has 1 rings (SSSR count). The Morgan fingerprint density at radius 2 is 2.78 bits per heavy atom. The molecule has 1 heterocycles. The highest BCUT2D eigenvalue weighted by Gasteiger charge is 2.20. The number of carbonyl (C=O) groups is 1. The van der Waals surface area contributed by atoms with E-state index in [1.54, 1.807) is 11.8 Å². The summed E-state index contributed by atoms with van der Waals surface area (Å²) in [6.07, 6.45) is 1.72. The van der Waals surface area contributed by atoms with Gasteiger partial charge in [-0.15, -0.1) is 0 Å². The van der Waals surface area contributed by atoms with Crippen LogP contribution in [-0.4, -0.2) is 30.8 Å². The second-order valence-corrected chi connectivity index (χ2v) is 2.81. The first-order valence-corrected chi connectivity index (χ1v) is 4.14. The van der Waals surface area contributed by atoms with Crippen LogP contribution in [0.15, 0.2) is 0 Å². The summed E-state index contributed by atoms with van der Waals surface area (Å²) in [6.45, 7) is 0.527. The Bertz CT molecular complexity index is 118. The van der Waals surface area contributed by atoms with Gasteiger partial charge < -0.3 is 10.1 Å². The molecule has 3 nitrogen and oxygen atoms in total. The van der Waals surface area contributed by atoms with Gasteiger partial charge >= 0.3 is 6.09 Å². The predicted molar refractivity (Wildman–Crippen MR) is 36.7 cm³/mol. The molecule has 0 bridgehead atoms. The van der Waals surface area contributed by atoms with Gasteiger partial charge in [0, 0.05) is 5.75 Å². The summed E-state index contributed by atoms with van der Waals surface area (Å²) in [7, 11) is 0. The first-order valence-electron chi connectivity index (χ1n) is 2.75. The Morgan fingerprint density at radius 3 is 3.22 bits per heavy atom. The lowest BCUT2D eigenvalue weighted by molar-refractivity contribution is 0.177. The highest BCUT2D eigenvalue weighted by Crippen LogP contribution is 2.03. The standard InChI is InChI=1S/C5H9NO2S/c1-9-3-4-2-8-5(7)6-4/h4H,2-3H2,1H3,(H,6,7)/t4-/m1/s1. The van der Waals surface area contributed by atoms with Crippen LogP contribution < -0.4 is 5.32 Å². The summed E-state index contributed by atoms with van der Waals surface area (Å²) in [6, 6.07) is 0.229. The summed E-state index contributed by atoms with van der Waals surface area (Å²) >= 11 is 1.71. The first-order chi connectivity index (χ1) is 4.33. The largest absolute Gasteiger partial charge is 0.447 e. The zero-order valence-electron chi connectivity index (χ0n) is 5.22. The van der Waals surface area contributed by atoms with Crippen LogP contribution in [0.4, 0.5) is 4.79 Å².